The monoisotopic (exact) mass is 255 g/mol. The highest BCUT2D eigenvalue weighted by atomic mass is 19.1. The smallest absolute Gasteiger partial charge is 0.159 e. The maximum Gasteiger partial charge on any atom is 0.159 e. The second-order valence-electron chi connectivity index (χ2n) is 4.21. The van der Waals surface area contributed by atoms with Crippen LogP contribution in [0.3, 0.4) is 0 Å². The molecule has 0 atom stereocenters. The third-order valence-corrected chi connectivity index (χ3v) is 2.93. The highest BCUT2D eigenvalue weighted by Crippen LogP contribution is 2.19. The van der Waals surface area contributed by atoms with E-state index in [1.54, 1.807) is 12.1 Å². The van der Waals surface area contributed by atoms with Gasteiger partial charge in [-0.05, 0) is 37.3 Å². The number of hydrogen-bond acceptors (Lipinski definition) is 3. The van der Waals surface area contributed by atoms with E-state index < -0.39 is 5.82 Å². The van der Waals surface area contributed by atoms with E-state index in [-0.39, 0.29) is 11.5 Å². The summed E-state index contributed by atoms with van der Waals surface area (Å²) < 4.78 is 15.5. The molecule has 0 aliphatic heterocycles. The average molecular weight is 255 g/mol. The van der Waals surface area contributed by atoms with E-state index in [4.69, 9.17) is 0 Å². The number of nitrogens with zero attached hydrogens (tertiary/aromatic N) is 3. The fourth-order valence-corrected chi connectivity index (χ4v) is 1.94. The van der Waals surface area contributed by atoms with Gasteiger partial charge in [-0.15, -0.1) is 5.10 Å². The minimum absolute atomic E-state index is 0.172. The largest absolute Gasteiger partial charge is 0.295 e. The molecule has 0 N–H and O–H groups in total. The van der Waals surface area contributed by atoms with Crippen LogP contribution in [-0.4, -0.2) is 20.8 Å². The molecule has 5 heteroatoms. The Morgan fingerprint density at radius 3 is 2.74 bits per heavy atom. The van der Waals surface area contributed by atoms with Crippen LogP contribution in [0.15, 0.2) is 42.5 Å². The number of halogens is 1. The van der Waals surface area contributed by atoms with Gasteiger partial charge >= 0.3 is 0 Å². The summed E-state index contributed by atoms with van der Waals surface area (Å²) in [6, 6.07) is 11.6. The molecule has 1 aromatic heterocycles. The number of benzene rings is 2. The number of carbonyl (C=O) groups is 1. The minimum Gasteiger partial charge on any atom is -0.295 e. The van der Waals surface area contributed by atoms with Crippen molar-refractivity contribution in [3.05, 3.63) is 53.8 Å². The van der Waals surface area contributed by atoms with Crippen molar-refractivity contribution in [2.45, 2.75) is 6.92 Å². The Morgan fingerprint density at radius 2 is 2.00 bits per heavy atom. The van der Waals surface area contributed by atoms with Gasteiger partial charge in [0.1, 0.15) is 17.0 Å². The predicted octanol–water partition coefficient (Wildman–Crippen LogP) is 2.76. The summed E-state index contributed by atoms with van der Waals surface area (Å²) in [4.78, 5) is 11.2. The molecule has 2 aromatic carbocycles. The molecule has 4 nitrogen and oxygen atoms in total. The van der Waals surface area contributed by atoms with Crippen LogP contribution in [0.5, 0.6) is 0 Å². The van der Waals surface area contributed by atoms with Gasteiger partial charge in [0.15, 0.2) is 5.78 Å². The molecule has 3 rings (SSSR count). The molecular weight excluding hydrogens is 245 g/mol. The van der Waals surface area contributed by atoms with Gasteiger partial charge in [0.2, 0.25) is 0 Å². The zero-order valence-electron chi connectivity index (χ0n) is 10.2. The van der Waals surface area contributed by atoms with Gasteiger partial charge in [-0.1, -0.05) is 17.3 Å². The molecule has 0 aliphatic rings. The van der Waals surface area contributed by atoms with Crippen LogP contribution in [0, 0.1) is 5.82 Å². The SMILES string of the molecule is CC(=O)c1ccc(-n2nnc3ccccc32)c(F)c1. The Balaban J connectivity index is 2.19. The van der Waals surface area contributed by atoms with Gasteiger partial charge in [0.05, 0.1) is 5.52 Å². The van der Waals surface area contributed by atoms with E-state index in [0.29, 0.717) is 11.1 Å². The summed E-state index contributed by atoms with van der Waals surface area (Å²) in [5.41, 5.74) is 2.03. The zero-order valence-corrected chi connectivity index (χ0v) is 10.2. The first-order valence-electron chi connectivity index (χ1n) is 5.78. The molecular formula is C14H10FN3O. The number of hydrogen-bond donors (Lipinski definition) is 0. The lowest BCUT2D eigenvalue weighted by atomic mass is 10.1. The molecule has 0 radical (unpaired) electrons. The standard InChI is InChI=1S/C14H10FN3O/c1-9(19)10-6-7-13(11(15)8-10)18-14-5-3-2-4-12(14)16-17-18/h2-8H,1H3. The van der Waals surface area contributed by atoms with E-state index in [0.717, 1.165) is 5.52 Å². The fourth-order valence-electron chi connectivity index (χ4n) is 1.94. The highest BCUT2D eigenvalue weighted by molar-refractivity contribution is 5.94. The van der Waals surface area contributed by atoms with Crippen molar-refractivity contribution in [3.63, 3.8) is 0 Å². The van der Waals surface area contributed by atoms with Crippen molar-refractivity contribution >= 4 is 16.8 Å². The van der Waals surface area contributed by atoms with Crippen molar-refractivity contribution in [1.82, 2.24) is 15.0 Å². The summed E-state index contributed by atoms with van der Waals surface area (Å²) in [5.74, 6) is -0.669. The van der Waals surface area contributed by atoms with Crippen molar-refractivity contribution in [1.29, 1.82) is 0 Å². The van der Waals surface area contributed by atoms with Crippen molar-refractivity contribution in [3.8, 4) is 5.69 Å². The third kappa shape index (κ3) is 1.89. The molecule has 0 fully saturated rings. The maximum atomic E-state index is 14.1. The quantitative estimate of drug-likeness (QED) is 0.661. The van der Waals surface area contributed by atoms with Crippen LogP contribution < -0.4 is 0 Å². The molecule has 0 saturated carbocycles. The van der Waals surface area contributed by atoms with E-state index >= 15 is 0 Å². The van der Waals surface area contributed by atoms with Gasteiger partial charge in [0.25, 0.3) is 0 Å². The van der Waals surface area contributed by atoms with Crippen LogP contribution in [0.4, 0.5) is 4.39 Å². The van der Waals surface area contributed by atoms with Crippen LogP contribution in [-0.2, 0) is 0 Å². The number of fused-ring (bicyclic) bond motifs is 1. The first-order chi connectivity index (χ1) is 9.16. The topological polar surface area (TPSA) is 47.8 Å². The lowest BCUT2D eigenvalue weighted by Gasteiger charge is -2.05. The van der Waals surface area contributed by atoms with Crippen molar-refractivity contribution in [2.24, 2.45) is 0 Å². The molecule has 94 valence electrons. The van der Waals surface area contributed by atoms with E-state index in [9.17, 15) is 9.18 Å². The van der Waals surface area contributed by atoms with Gasteiger partial charge in [-0.2, -0.15) is 0 Å². The number of rotatable bonds is 2. The normalized spacial score (nSPS) is 10.8. The fraction of sp³-hybridized carbons (Fsp3) is 0.0714. The molecule has 19 heavy (non-hydrogen) atoms. The van der Waals surface area contributed by atoms with Crippen LogP contribution in [0.2, 0.25) is 0 Å². The summed E-state index contributed by atoms with van der Waals surface area (Å²) in [6.45, 7) is 1.40. The number of ketones is 1. The number of carbonyl (C=O) groups excluding carboxylic acids is 1. The number of para-hydroxylation sites is 1. The zero-order chi connectivity index (χ0) is 13.4. The Hall–Kier alpha value is -2.56. The van der Waals surface area contributed by atoms with Crippen molar-refractivity contribution in [2.75, 3.05) is 0 Å². The van der Waals surface area contributed by atoms with Crippen LogP contribution in [0.25, 0.3) is 16.7 Å². The summed E-state index contributed by atoms with van der Waals surface area (Å²) in [5, 5.41) is 7.92. The molecule has 0 amide bonds. The first-order valence-corrected chi connectivity index (χ1v) is 5.78. The Kier molecular flexibility index (Phi) is 2.59. The lowest BCUT2D eigenvalue weighted by Crippen LogP contribution is -2.02. The number of Topliss-reactive ketones (excluding diaryl/α,β-unsaturated/α-hetero) is 1. The Morgan fingerprint density at radius 1 is 1.21 bits per heavy atom. The summed E-state index contributed by atoms with van der Waals surface area (Å²) >= 11 is 0. The van der Waals surface area contributed by atoms with Crippen molar-refractivity contribution < 1.29 is 9.18 Å². The molecule has 0 saturated heterocycles. The van der Waals surface area contributed by atoms with Gasteiger partial charge < -0.3 is 0 Å². The molecule has 1 heterocycles. The molecule has 0 unspecified atom stereocenters. The number of aromatic nitrogens is 3. The van der Waals surface area contributed by atoms with E-state index in [2.05, 4.69) is 10.3 Å². The lowest BCUT2D eigenvalue weighted by molar-refractivity contribution is 0.101. The van der Waals surface area contributed by atoms with E-state index in [1.165, 1.54) is 23.7 Å². The summed E-state index contributed by atoms with van der Waals surface area (Å²) in [7, 11) is 0. The van der Waals surface area contributed by atoms with Gasteiger partial charge in [-0.3, -0.25) is 4.79 Å². The van der Waals surface area contributed by atoms with Crippen LogP contribution >= 0.6 is 0 Å². The average Bonchev–Trinajstić information content (AvgIpc) is 2.82. The highest BCUT2D eigenvalue weighted by Gasteiger charge is 2.12. The Bertz CT molecular complexity index is 779. The van der Waals surface area contributed by atoms with Crippen LogP contribution in [0.1, 0.15) is 17.3 Å². The second-order valence-corrected chi connectivity index (χ2v) is 4.21. The second kappa shape index (κ2) is 4.28. The van der Waals surface area contributed by atoms with E-state index in [1.807, 2.05) is 18.2 Å². The van der Waals surface area contributed by atoms with Gasteiger partial charge in [-0.25, -0.2) is 9.07 Å². The third-order valence-electron chi connectivity index (χ3n) is 2.93. The minimum atomic E-state index is -0.497. The van der Waals surface area contributed by atoms with Gasteiger partial charge in [0, 0.05) is 5.56 Å². The molecule has 3 aromatic rings. The Labute approximate surface area is 108 Å². The maximum absolute atomic E-state index is 14.1. The summed E-state index contributed by atoms with van der Waals surface area (Å²) in [6.07, 6.45) is 0. The molecule has 0 bridgehead atoms. The first kappa shape index (κ1) is 11.5. The molecule has 0 aliphatic carbocycles. The predicted molar refractivity (Wildman–Crippen MR) is 68.8 cm³/mol. The molecule has 0 spiro atoms.